The van der Waals surface area contributed by atoms with E-state index in [0.717, 1.165) is 12.1 Å². The topological polar surface area (TPSA) is 23.8 Å². The van der Waals surface area contributed by atoms with Crippen LogP contribution in [0.1, 0.15) is 5.56 Å². The molecule has 0 radical (unpaired) electrons. The molecular weight excluding hydrogens is 244 g/mol. The highest BCUT2D eigenvalue weighted by Crippen LogP contribution is 2.28. The van der Waals surface area contributed by atoms with Crippen LogP contribution in [0.5, 0.6) is 0 Å². The molecule has 0 saturated heterocycles. The maximum atomic E-state index is 13.7. The van der Waals surface area contributed by atoms with Crippen LogP contribution in [0, 0.1) is 23.0 Å². The van der Waals surface area contributed by atoms with Crippen molar-refractivity contribution in [3.63, 3.8) is 0 Å². The highest BCUT2D eigenvalue weighted by atomic mass is 35.5. The molecule has 0 unspecified atom stereocenters. The predicted molar refractivity (Wildman–Crippen MR) is 61.5 cm³/mol. The molecule has 2 aromatic rings. The Morgan fingerprint density at radius 1 is 1.06 bits per heavy atom. The number of hydrogen-bond acceptors (Lipinski definition) is 1. The Morgan fingerprint density at radius 3 is 2.24 bits per heavy atom. The Bertz CT molecular complexity index is 594. The first-order chi connectivity index (χ1) is 8.11. The second-order valence-corrected chi connectivity index (χ2v) is 3.87. The lowest BCUT2D eigenvalue weighted by Crippen LogP contribution is -1.92. The fourth-order valence-corrected chi connectivity index (χ4v) is 1.75. The van der Waals surface area contributed by atoms with Gasteiger partial charge < -0.3 is 0 Å². The maximum Gasteiger partial charge on any atom is 0.135 e. The van der Waals surface area contributed by atoms with E-state index >= 15 is 0 Å². The molecular formula is C13H6ClF2N. The third-order valence-electron chi connectivity index (χ3n) is 2.28. The van der Waals surface area contributed by atoms with E-state index in [1.165, 1.54) is 6.07 Å². The first kappa shape index (κ1) is 11.6. The van der Waals surface area contributed by atoms with Crippen molar-refractivity contribution in [2.45, 2.75) is 0 Å². The Kier molecular flexibility index (Phi) is 3.08. The van der Waals surface area contributed by atoms with E-state index in [9.17, 15) is 8.78 Å². The fraction of sp³-hybridized carbons (Fsp3) is 0. The normalized spacial score (nSPS) is 10.0. The van der Waals surface area contributed by atoms with E-state index in [2.05, 4.69) is 0 Å². The van der Waals surface area contributed by atoms with Crippen molar-refractivity contribution in [3.05, 3.63) is 58.6 Å². The average molecular weight is 250 g/mol. The van der Waals surface area contributed by atoms with Gasteiger partial charge in [-0.25, -0.2) is 8.78 Å². The lowest BCUT2D eigenvalue weighted by Gasteiger charge is -2.06. The van der Waals surface area contributed by atoms with Gasteiger partial charge in [0.25, 0.3) is 0 Å². The third-order valence-corrected chi connectivity index (χ3v) is 2.52. The molecule has 0 spiro atoms. The summed E-state index contributed by atoms with van der Waals surface area (Å²) in [7, 11) is 0. The SMILES string of the molecule is N#Cc1cc(F)c(-c2cccc(Cl)c2)c(F)c1. The molecule has 0 fully saturated rings. The van der Waals surface area contributed by atoms with Gasteiger partial charge in [0.2, 0.25) is 0 Å². The number of nitrogens with zero attached hydrogens (tertiary/aromatic N) is 1. The van der Waals surface area contributed by atoms with Crippen molar-refractivity contribution in [3.8, 4) is 17.2 Å². The molecule has 0 aliphatic carbocycles. The van der Waals surface area contributed by atoms with Gasteiger partial charge in [0.1, 0.15) is 11.6 Å². The number of rotatable bonds is 1. The maximum absolute atomic E-state index is 13.7. The van der Waals surface area contributed by atoms with Gasteiger partial charge in [-0.3, -0.25) is 0 Å². The van der Waals surface area contributed by atoms with Crippen molar-refractivity contribution in [2.24, 2.45) is 0 Å². The zero-order valence-electron chi connectivity index (χ0n) is 8.55. The van der Waals surface area contributed by atoms with Crippen LogP contribution in [0.3, 0.4) is 0 Å². The van der Waals surface area contributed by atoms with Gasteiger partial charge in [0.15, 0.2) is 0 Å². The van der Waals surface area contributed by atoms with Gasteiger partial charge in [-0.1, -0.05) is 23.7 Å². The van der Waals surface area contributed by atoms with Crippen molar-refractivity contribution in [1.82, 2.24) is 0 Å². The molecule has 0 amide bonds. The van der Waals surface area contributed by atoms with Crippen LogP contribution in [-0.4, -0.2) is 0 Å². The monoisotopic (exact) mass is 249 g/mol. The van der Waals surface area contributed by atoms with Gasteiger partial charge in [-0.15, -0.1) is 0 Å². The molecule has 0 heterocycles. The average Bonchev–Trinajstić information content (AvgIpc) is 2.28. The summed E-state index contributed by atoms with van der Waals surface area (Å²) in [5, 5.41) is 8.98. The smallest absolute Gasteiger partial charge is 0.135 e. The summed E-state index contributed by atoms with van der Waals surface area (Å²) in [6.45, 7) is 0. The summed E-state index contributed by atoms with van der Waals surface area (Å²) >= 11 is 5.76. The molecule has 0 aliphatic heterocycles. The lowest BCUT2D eigenvalue weighted by molar-refractivity contribution is 0.589. The van der Waals surface area contributed by atoms with Gasteiger partial charge in [-0.2, -0.15) is 5.26 Å². The van der Waals surface area contributed by atoms with Gasteiger partial charge in [-0.05, 0) is 29.8 Å². The Balaban J connectivity index is 2.65. The van der Waals surface area contributed by atoms with Crippen LogP contribution in [0.4, 0.5) is 8.78 Å². The minimum Gasteiger partial charge on any atom is -0.206 e. The highest BCUT2D eigenvalue weighted by Gasteiger charge is 2.13. The van der Waals surface area contributed by atoms with Crippen LogP contribution in [0.15, 0.2) is 36.4 Å². The number of halogens is 3. The molecule has 0 aromatic heterocycles. The zero-order chi connectivity index (χ0) is 12.4. The van der Waals surface area contributed by atoms with E-state index < -0.39 is 11.6 Å². The summed E-state index contributed by atoms with van der Waals surface area (Å²) in [6, 6.07) is 9.94. The molecule has 0 bridgehead atoms. The molecule has 0 aliphatic rings. The molecule has 4 heteroatoms. The summed E-state index contributed by atoms with van der Waals surface area (Å²) in [5.41, 5.74) is 0.120. The Labute approximate surface area is 102 Å². The summed E-state index contributed by atoms with van der Waals surface area (Å²) in [5.74, 6) is -1.55. The van der Waals surface area contributed by atoms with Gasteiger partial charge in [0.05, 0.1) is 17.2 Å². The minimum atomic E-state index is -0.774. The standard InChI is InChI=1S/C13H6ClF2N/c14-10-3-1-2-9(6-10)13-11(15)4-8(7-17)5-12(13)16/h1-6H. The lowest BCUT2D eigenvalue weighted by atomic mass is 10.0. The first-order valence-electron chi connectivity index (χ1n) is 4.77. The van der Waals surface area contributed by atoms with Crippen LogP contribution in [0.25, 0.3) is 11.1 Å². The molecule has 0 N–H and O–H groups in total. The Morgan fingerprint density at radius 2 is 1.71 bits per heavy atom. The minimum absolute atomic E-state index is 0.0502. The largest absolute Gasteiger partial charge is 0.206 e. The van der Waals surface area contributed by atoms with Crippen molar-refractivity contribution < 1.29 is 8.78 Å². The summed E-state index contributed by atoms with van der Waals surface area (Å²) < 4.78 is 27.4. The molecule has 0 atom stereocenters. The van der Waals surface area contributed by atoms with Crippen molar-refractivity contribution in [1.29, 1.82) is 5.26 Å². The molecule has 84 valence electrons. The van der Waals surface area contributed by atoms with Crippen LogP contribution < -0.4 is 0 Å². The second kappa shape index (κ2) is 4.52. The van der Waals surface area contributed by atoms with Crippen LogP contribution >= 0.6 is 11.6 Å². The van der Waals surface area contributed by atoms with E-state index in [1.54, 1.807) is 24.3 Å². The van der Waals surface area contributed by atoms with Gasteiger partial charge >= 0.3 is 0 Å². The van der Waals surface area contributed by atoms with Crippen molar-refractivity contribution in [2.75, 3.05) is 0 Å². The van der Waals surface area contributed by atoms with E-state index in [4.69, 9.17) is 16.9 Å². The van der Waals surface area contributed by atoms with E-state index in [0.29, 0.717) is 10.6 Å². The second-order valence-electron chi connectivity index (χ2n) is 3.44. The predicted octanol–water partition coefficient (Wildman–Crippen LogP) is 4.16. The highest BCUT2D eigenvalue weighted by molar-refractivity contribution is 6.30. The molecule has 2 aromatic carbocycles. The van der Waals surface area contributed by atoms with E-state index in [-0.39, 0.29) is 11.1 Å². The number of hydrogen-bond donors (Lipinski definition) is 0. The molecule has 1 nitrogen and oxygen atoms in total. The zero-order valence-corrected chi connectivity index (χ0v) is 9.30. The number of nitriles is 1. The van der Waals surface area contributed by atoms with Crippen LogP contribution in [0.2, 0.25) is 5.02 Å². The quantitative estimate of drug-likeness (QED) is 0.745. The summed E-state index contributed by atoms with van der Waals surface area (Å²) in [6.07, 6.45) is 0. The van der Waals surface area contributed by atoms with Crippen LogP contribution in [-0.2, 0) is 0 Å². The molecule has 17 heavy (non-hydrogen) atoms. The first-order valence-corrected chi connectivity index (χ1v) is 5.14. The summed E-state index contributed by atoms with van der Waals surface area (Å²) in [4.78, 5) is 0. The number of benzene rings is 2. The molecule has 2 rings (SSSR count). The fourth-order valence-electron chi connectivity index (χ4n) is 1.56. The van der Waals surface area contributed by atoms with Gasteiger partial charge in [0, 0.05) is 5.02 Å². The Hall–Kier alpha value is -1.92. The third kappa shape index (κ3) is 2.27. The molecule has 0 saturated carbocycles. The van der Waals surface area contributed by atoms with Crippen molar-refractivity contribution >= 4 is 11.6 Å². The van der Waals surface area contributed by atoms with E-state index in [1.807, 2.05) is 0 Å².